The number of benzene rings is 2. The van der Waals surface area contributed by atoms with Crippen molar-refractivity contribution in [2.45, 2.75) is 17.5 Å². The second-order valence-electron chi connectivity index (χ2n) is 6.39. The fourth-order valence-electron chi connectivity index (χ4n) is 2.93. The fourth-order valence-corrected chi connectivity index (χ4v) is 4.71. The molecule has 0 saturated carbocycles. The number of anilines is 1. The smallest absolute Gasteiger partial charge is 0.173 e. The first-order valence-electron chi connectivity index (χ1n) is 8.90. The zero-order chi connectivity index (χ0) is 20.2. The molecule has 0 N–H and O–H groups in total. The molecule has 29 heavy (non-hydrogen) atoms. The van der Waals surface area contributed by atoms with E-state index >= 15 is 0 Å². The summed E-state index contributed by atoms with van der Waals surface area (Å²) in [6.45, 7) is 0.624. The lowest BCUT2D eigenvalue weighted by Gasteiger charge is -2.21. The maximum atomic E-state index is 13.2. The van der Waals surface area contributed by atoms with Crippen molar-refractivity contribution >= 4 is 40.4 Å². The SMILES string of the molecule is CN(Cc1cnc(SCc2nccs2)n1-c1ccc(Cl)cc1)c1ccc(F)cc1. The van der Waals surface area contributed by atoms with Gasteiger partial charge in [-0.2, -0.15) is 0 Å². The second kappa shape index (κ2) is 8.98. The fraction of sp³-hybridized carbons (Fsp3) is 0.143. The van der Waals surface area contributed by atoms with Crippen LogP contribution in [0.25, 0.3) is 5.69 Å². The molecule has 0 aliphatic carbocycles. The van der Waals surface area contributed by atoms with E-state index in [2.05, 4.69) is 19.4 Å². The van der Waals surface area contributed by atoms with E-state index in [9.17, 15) is 4.39 Å². The quantitative estimate of drug-likeness (QED) is 0.325. The summed E-state index contributed by atoms with van der Waals surface area (Å²) in [6.07, 6.45) is 3.70. The molecule has 0 aliphatic heterocycles. The van der Waals surface area contributed by atoms with Crippen molar-refractivity contribution in [3.63, 3.8) is 0 Å². The van der Waals surface area contributed by atoms with E-state index in [4.69, 9.17) is 11.6 Å². The summed E-state index contributed by atoms with van der Waals surface area (Å²) in [7, 11) is 1.98. The Morgan fingerprint density at radius 1 is 1.10 bits per heavy atom. The maximum absolute atomic E-state index is 13.2. The molecule has 4 nitrogen and oxygen atoms in total. The minimum atomic E-state index is -0.241. The van der Waals surface area contributed by atoms with Crippen molar-refractivity contribution in [1.82, 2.24) is 14.5 Å². The average Bonchev–Trinajstić information content (AvgIpc) is 3.37. The molecule has 0 saturated heterocycles. The number of hydrogen-bond acceptors (Lipinski definition) is 5. The molecule has 0 amide bonds. The molecule has 0 atom stereocenters. The number of aromatic nitrogens is 3. The van der Waals surface area contributed by atoms with Gasteiger partial charge in [-0.05, 0) is 48.5 Å². The summed E-state index contributed by atoms with van der Waals surface area (Å²) < 4.78 is 15.4. The lowest BCUT2D eigenvalue weighted by atomic mass is 10.2. The molecule has 0 unspecified atom stereocenters. The Hall–Kier alpha value is -2.35. The summed E-state index contributed by atoms with van der Waals surface area (Å²) in [4.78, 5) is 11.1. The number of thioether (sulfide) groups is 1. The lowest BCUT2D eigenvalue weighted by Crippen LogP contribution is -2.18. The number of nitrogens with zero attached hydrogens (tertiary/aromatic N) is 4. The molecule has 2 heterocycles. The average molecular weight is 445 g/mol. The highest BCUT2D eigenvalue weighted by atomic mass is 35.5. The van der Waals surface area contributed by atoms with Gasteiger partial charge in [-0.1, -0.05) is 23.4 Å². The van der Waals surface area contributed by atoms with Gasteiger partial charge in [0.25, 0.3) is 0 Å². The molecule has 0 radical (unpaired) electrons. The van der Waals surface area contributed by atoms with Crippen molar-refractivity contribution in [2.24, 2.45) is 0 Å². The van der Waals surface area contributed by atoms with Gasteiger partial charge in [0.1, 0.15) is 10.8 Å². The summed E-state index contributed by atoms with van der Waals surface area (Å²) in [5.74, 6) is 0.518. The maximum Gasteiger partial charge on any atom is 0.173 e. The third-order valence-electron chi connectivity index (χ3n) is 4.36. The van der Waals surface area contributed by atoms with Crippen LogP contribution in [-0.2, 0) is 12.3 Å². The molecule has 148 valence electrons. The summed E-state index contributed by atoms with van der Waals surface area (Å²) >= 11 is 9.37. The van der Waals surface area contributed by atoms with Gasteiger partial charge in [-0.3, -0.25) is 4.57 Å². The minimum absolute atomic E-state index is 0.241. The van der Waals surface area contributed by atoms with Gasteiger partial charge in [-0.25, -0.2) is 14.4 Å². The first-order chi connectivity index (χ1) is 14.1. The zero-order valence-corrected chi connectivity index (χ0v) is 18.0. The van der Waals surface area contributed by atoms with E-state index in [-0.39, 0.29) is 5.82 Å². The monoisotopic (exact) mass is 444 g/mol. The first kappa shape index (κ1) is 19.9. The molecule has 2 aromatic heterocycles. The minimum Gasteiger partial charge on any atom is -0.369 e. The Kier molecular flexibility index (Phi) is 6.18. The predicted octanol–water partition coefficient (Wildman–Crippen LogP) is 6.05. The van der Waals surface area contributed by atoms with Crippen molar-refractivity contribution in [3.8, 4) is 5.69 Å². The van der Waals surface area contributed by atoms with Gasteiger partial charge < -0.3 is 4.90 Å². The van der Waals surface area contributed by atoms with Crippen LogP contribution in [-0.4, -0.2) is 21.6 Å². The van der Waals surface area contributed by atoms with E-state index in [1.807, 2.05) is 49.1 Å². The van der Waals surface area contributed by atoms with E-state index < -0.39 is 0 Å². The van der Waals surface area contributed by atoms with E-state index in [0.717, 1.165) is 33.0 Å². The molecular formula is C21H18ClFN4S2. The molecule has 4 aromatic rings. The highest BCUT2D eigenvalue weighted by Gasteiger charge is 2.15. The zero-order valence-electron chi connectivity index (χ0n) is 15.6. The number of imidazole rings is 1. The number of halogens is 2. The topological polar surface area (TPSA) is 34.0 Å². The van der Waals surface area contributed by atoms with Crippen LogP contribution in [0.1, 0.15) is 10.7 Å². The van der Waals surface area contributed by atoms with Gasteiger partial charge in [0.15, 0.2) is 5.16 Å². The van der Waals surface area contributed by atoms with Crippen LogP contribution in [0.5, 0.6) is 0 Å². The van der Waals surface area contributed by atoms with E-state index in [0.29, 0.717) is 11.6 Å². The Morgan fingerprint density at radius 2 is 1.86 bits per heavy atom. The van der Waals surface area contributed by atoms with Crippen LogP contribution in [0.3, 0.4) is 0 Å². The lowest BCUT2D eigenvalue weighted by molar-refractivity contribution is 0.627. The van der Waals surface area contributed by atoms with Crippen molar-refractivity contribution in [1.29, 1.82) is 0 Å². The summed E-state index contributed by atoms with van der Waals surface area (Å²) in [5, 5.41) is 4.62. The largest absolute Gasteiger partial charge is 0.369 e. The second-order valence-corrected chi connectivity index (χ2v) is 8.75. The van der Waals surface area contributed by atoms with Crippen LogP contribution in [0, 0.1) is 5.82 Å². The van der Waals surface area contributed by atoms with Crippen molar-refractivity contribution in [3.05, 3.63) is 87.8 Å². The van der Waals surface area contributed by atoms with E-state index in [1.54, 1.807) is 35.2 Å². The third-order valence-corrected chi connectivity index (χ3v) is 6.54. The highest BCUT2D eigenvalue weighted by molar-refractivity contribution is 7.98. The van der Waals surface area contributed by atoms with Crippen LogP contribution >= 0.6 is 34.7 Å². The first-order valence-corrected chi connectivity index (χ1v) is 11.1. The Balaban J connectivity index is 1.63. The van der Waals surface area contributed by atoms with Crippen LogP contribution in [0.4, 0.5) is 10.1 Å². The third kappa shape index (κ3) is 4.80. The highest BCUT2D eigenvalue weighted by Crippen LogP contribution is 2.28. The van der Waals surface area contributed by atoms with Crippen molar-refractivity contribution in [2.75, 3.05) is 11.9 Å². The van der Waals surface area contributed by atoms with E-state index in [1.165, 1.54) is 12.1 Å². The summed E-state index contributed by atoms with van der Waals surface area (Å²) in [6, 6.07) is 14.2. The van der Waals surface area contributed by atoms with Crippen LogP contribution in [0.15, 0.2) is 71.5 Å². The van der Waals surface area contributed by atoms with Gasteiger partial charge >= 0.3 is 0 Å². The van der Waals surface area contributed by atoms with Gasteiger partial charge in [0, 0.05) is 35.0 Å². The molecule has 0 fully saturated rings. The Bertz CT molecular complexity index is 1060. The Morgan fingerprint density at radius 3 is 2.55 bits per heavy atom. The molecule has 4 rings (SSSR count). The standard InChI is InChI=1S/C21H18ClFN4S2/c1-26(17-8-4-16(23)5-9-17)13-19-12-25-21(29-14-20-24-10-11-28-20)27(19)18-6-2-15(22)3-7-18/h2-12H,13-14H2,1H3. The van der Waals surface area contributed by atoms with Gasteiger partial charge in [-0.15, -0.1) is 11.3 Å². The molecule has 8 heteroatoms. The normalized spacial score (nSPS) is 11.0. The molecule has 0 bridgehead atoms. The number of hydrogen-bond donors (Lipinski definition) is 0. The van der Waals surface area contributed by atoms with Crippen molar-refractivity contribution < 1.29 is 4.39 Å². The Labute approximate surface area is 182 Å². The van der Waals surface area contributed by atoms with Crippen LogP contribution < -0.4 is 4.90 Å². The van der Waals surface area contributed by atoms with Gasteiger partial charge in [0.05, 0.1) is 24.2 Å². The van der Waals surface area contributed by atoms with Gasteiger partial charge in [0.2, 0.25) is 0 Å². The number of rotatable bonds is 7. The summed E-state index contributed by atoms with van der Waals surface area (Å²) in [5.41, 5.74) is 2.96. The number of thiazole rings is 1. The molecule has 2 aromatic carbocycles. The molecule has 0 aliphatic rings. The molecule has 0 spiro atoms. The van der Waals surface area contributed by atoms with Crippen LogP contribution in [0.2, 0.25) is 5.02 Å². The predicted molar refractivity (Wildman–Crippen MR) is 119 cm³/mol. The molecular weight excluding hydrogens is 427 g/mol.